The molecule has 1 aliphatic rings. The molecule has 6 heteroatoms. The Hall–Kier alpha value is 0.0900. The lowest BCUT2D eigenvalue weighted by Crippen LogP contribution is -2.44. The van der Waals surface area contributed by atoms with E-state index in [9.17, 15) is 15.3 Å². The average molecular weight is 256 g/mol. The topological polar surface area (TPSA) is 93.0 Å². The number of aliphatic hydroxyl groups is 4. The quantitative estimate of drug-likeness (QED) is 0.435. The van der Waals surface area contributed by atoms with E-state index in [-0.39, 0.29) is 19.0 Å². The van der Waals surface area contributed by atoms with Crippen LogP contribution < -0.4 is 5.32 Å². The summed E-state index contributed by atoms with van der Waals surface area (Å²) in [5.41, 5.74) is 0. The first-order chi connectivity index (χ1) is 7.11. The zero-order valence-corrected chi connectivity index (χ0v) is 10.2. The summed E-state index contributed by atoms with van der Waals surface area (Å²) in [5, 5.41) is 40.7. The molecule has 0 aromatic carbocycles. The number of halogens is 1. The summed E-state index contributed by atoms with van der Waals surface area (Å²) in [7, 11) is 0. The molecular weight excluding hydrogens is 234 g/mol. The summed E-state index contributed by atoms with van der Waals surface area (Å²) in [6.07, 6.45) is -0.232. The number of aliphatic hydroxyl groups excluding tert-OH is 4. The Kier molecular flexibility index (Phi) is 7.46. The highest BCUT2D eigenvalue weighted by Gasteiger charge is 2.43. The van der Waals surface area contributed by atoms with Crippen LogP contribution in [-0.2, 0) is 0 Å². The summed E-state index contributed by atoms with van der Waals surface area (Å²) < 4.78 is 0. The second-order valence-corrected chi connectivity index (χ2v) is 4.17. The molecule has 1 fully saturated rings. The van der Waals surface area contributed by atoms with Gasteiger partial charge in [-0.1, -0.05) is 19.8 Å². The van der Waals surface area contributed by atoms with Crippen molar-refractivity contribution in [3.8, 4) is 0 Å². The Morgan fingerprint density at radius 2 is 1.88 bits per heavy atom. The zero-order chi connectivity index (χ0) is 11.4. The van der Waals surface area contributed by atoms with E-state index in [4.69, 9.17) is 5.11 Å². The van der Waals surface area contributed by atoms with Gasteiger partial charge in [0.25, 0.3) is 0 Å². The molecule has 0 aromatic rings. The maximum atomic E-state index is 9.77. The lowest BCUT2D eigenvalue weighted by atomic mass is 10.00. The van der Waals surface area contributed by atoms with E-state index >= 15 is 0 Å². The molecule has 1 aliphatic heterocycles. The smallest absolute Gasteiger partial charge is 0.0993 e. The Bertz CT molecular complexity index is 196. The average Bonchev–Trinajstić information content (AvgIpc) is 2.52. The van der Waals surface area contributed by atoms with E-state index in [1.165, 1.54) is 0 Å². The maximum Gasteiger partial charge on any atom is 0.0993 e. The van der Waals surface area contributed by atoms with Crippen molar-refractivity contribution in [3.63, 3.8) is 0 Å². The van der Waals surface area contributed by atoms with Crippen LogP contribution in [0.25, 0.3) is 0 Å². The van der Waals surface area contributed by atoms with Crippen LogP contribution >= 0.6 is 12.4 Å². The Labute approximate surface area is 102 Å². The van der Waals surface area contributed by atoms with Gasteiger partial charge in [0.15, 0.2) is 0 Å². The predicted octanol–water partition coefficient (Wildman–Crippen LogP) is -0.986. The minimum Gasteiger partial charge on any atom is -0.395 e. The molecule has 1 heterocycles. The molecule has 1 rings (SSSR count). The number of hydrogen-bond donors (Lipinski definition) is 5. The van der Waals surface area contributed by atoms with Crippen LogP contribution in [0, 0.1) is 0 Å². The summed E-state index contributed by atoms with van der Waals surface area (Å²) in [6.45, 7) is 1.78. The van der Waals surface area contributed by atoms with Gasteiger partial charge in [0, 0.05) is 0 Å². The third kappa shape index (κ3) is 3.55. The molecule has 0 saturated carbocycles. The molecule has 0 amide bonds. The van der Waals surface area contributed by atoms with Crippen molar-refractivity contribution < 1.29 is 20.4 Å². The highest BCUT2D eigenvalue weighted by atomic mass is 35.5. The lowest BCUT2D eigenvalue weighted by molar-refractivity contribution is -0.00435. The Morgan fingerprint density at radius 1 is 1.25 bits per heavy atom. The minimum absolute atomic E-state index is 0. The van der Waals surface area contributed by atoms with Crippen molar-refractivity contribution in [3.05, 3.63) is 0 Å². The van der Waals surface area contributed by atoms with Crippen LogP contribution in [-0.4, -0.2) is 57.4 Å². The molecule has 16 heavy (non-hydrogen) atoms. The summed E-state index contributed by atoms with van der Waals surface area (Å²) in [6, 6.07) is -1.08. The van der Waals surface area contributed by atoms with Crippen LogP contribution in [0.5, 0.6) is 0 Å². The highest BCUT2D eigenvalue weighted by molar-refractivity contribution is 5.85. The Balaban J connectivity index is 0.00000225. The van der Waals surface area contributed by atoms with E-state index in [1.54, 1.807) is 0 Å². The molecule has 0 radical (unpaired) electrons. The number of rotatable bonds is 5. The van der Waals surface area contributed by atoms with Gasteiger partial charge in [0.2, 0.25) is 0 Å². The van der Waals surface area contributed by atoms with Gasteiger partial charge >= 0.3 is 0 Å². The van der Waals surface area contributed by atoms with Gasteiger partial charge < -0.3 is 25.7 Å². The van der Waals surface area contributed by atoms with Gasteiger partial charge in [-0.05, 0) is 6.42 Å². The monoisotopic (exact) mass is 255 g/mol. The molecule has 0 bridgehead atoms. The first-order valence-electron chi connectivity index (χ1n) is 5.53. The van der Waals surface area contributed by atoms with Gasteiger partial charge in [0.1, 0.15) is 0 Å². The number of hydrogen-bond acceptors (Lipinski definition) is 5. The Morgan fingerprint density at radius 3 is 2.31 bits per heavy atom. The van der Waals surface area contributed by atoms with Crippen molar-refractivity contribution in [2.45, 2.75) is 56.6 Å². The summed E-state index contributed by atoms with van der Waals surface area (Å²) >= 11 is 0. The fraction of sp³-hybridized carbons (Fsp3) is 1.00. The van der Waals surface area contributed by atoms with E-state index in [0.29, 0.717) is 6.42 Å². The van der Waals surface area contributed by atoms with Crippen LogP contribution in [0.15, 0.2) is 0 Å². The van der Waals surface area contributed by atoms with Crippen LogP contribution in [0.3, 0.4) is 0 Å². The molecule has 0 aromatic heterocycles. The van der Waals surface area contributed by atoms with Gasteiger partial charge in [0.05, 0.1) is 37.0 Å². The molecule has 98 valence electrons. The largest absolute Gasteiger partial charge is 0.395 e. The molecule has 0 spiro atoms. The van der Waals surface area contributed by atoms with Crippen LogP contribution in [0.2, 0.25) is 0 Å². The standard InChI is InChI=1S/C10H21NO4.ClH/c1-2-3-4-7(13)8-10(15)9(14)6(5-12)11-8;/h6-15H,2-5H2,1H3;1H/t6-,7-,8-,9-,10-;/m1./s1. The predicted molar refractivity (Wildman–Crippen MR) is 62.6 cm³/mol. The van der Waals surface area contributed by atoms with E-state index < -0.39 is 30.4 Å². The van der Waals surface area contributed by atoms with Crippen molar-refractivity contribution in [1.29, 1.82) is 0 Å². The number of nitrogens with one attached hydrogen (secondary N) is 1. The fourth-order valence-electron chi connectivity index (χ4n) is 1.99. The van der Waals surface area contributed by atoms with Crippen LogP contribution in [0.1, 0.15) is 26.2 Å². The van der Waals surface area contributed by atoms with E-state index in [0.717, 1.165) is 12.8 Å². The zero-order valence-electron chi connectivity index (χ0n) is 9.41. The third-order valence-electron chi connectivity index (χ3n) is 3.00. The SMILES string of the molecule is CCCC[C@@H](O)[C@H]1N[C@H](CO)[C@@H](O)[C@@H]1O.Cl. The normalized spacial score (nSPS) is 35.8. The van der Waals surface area contributed by atoms with Crippen molar-refractivity contribution in [2.24, 2.45) is 0 Å². The molecular formula is C10H22ClNO4. The lowest BCUT2D eigenvalue weighted by Gasteiger charge is -2.21. The molecule has 1 saturated heterocycles. The van der Waals surface area contributed by atoms with E-state index in [2.05, 4.69) is 5.32 Å². The highest BCUT2D eigenvalue weighted by Crippen LogP contribution is 2.19. The van der Waals surface area contributed by atoms with Crippen LogP contribution in [0.4, 0.5) is 0 Å². The molecule has 0 aliphatic carbocycles. The molecule has 5 N–H and O–H groups in total. The first-order valence-corrected chi connectivity index (χ1v) is 5.53. The third-order valence-corrected chi connectivity index (χ3v) is 3.00. The summed E-state index contributed by atoms with van der Waals surface area (Å²) in [5.74, 6) is 0. The van der Waals surface area contributed by atoms with E-state index in [1.807, 2.05) is 6.92 Å². The molecule has 5 atom stereocenters. The maximum absolute atomic E-state index is 9.77. The van der Waals surface area contributed by atoms with Crippen molar-refractivity contribution in [2.75, 3.05) is 6.61 Å². The fourth-order valence-corrected chi connectivity index (χ4v) is 1.99. The second kappa shape index (κ2) is 7.42. The van der Waals surface area contributed by atoms with Gasteiger partial charge in [-0.2, -0.15) is 0 Å². The van der Waals surface area contributed by atoms with Gasteiger partial charge in [-0.25, -0.2) is 0 Å². The van der Waals surface area contributed by atoms with Crippen molar-refractivity contribution >= 4 is 12.4 Å². The molecule has 5 nitrogen and oxygen atoms in total. The number of unbranched alkanes of at least 4 members (excludes halogenated alkanes) is 1. The minimum atomic E-state index is -1.01. The van der Waals surface area contributed by atoms with Gasteiger partial charge in [-0.15, -0.1) is 12.4 Å². The molecule has 0 unspecified atom stereocenters. The second-order valence-electron chi connectivity index (χ2n) is 4.17. The van der Waals surface area contributed by atoms with Gasteiger partial charge in [-0.3, -0.25) is 0 Å². The van der Waals surface area contributed by atoms with Crippen molar-refractivity contribution in [1.82, 2.24) is 5.32 Å². The first kappa shape index (κ1) is 16.1. The summed E-state index contributed by atoms with van der Waals surface area (Å²) in [4.78, 5) is 0.